The monoisotopic (exact) mass is 366 g/mol. The van der Waals surface area contributed by atoms with Crippen molar-refractivity contribution in [3.8, 4) is 6.01 Å². The highest BCUT2D eigenvalue weighted by atomic mass is 35.5. The maximum Gasteiger partial charge on any atom is 0.316 e. The molecule has 3 rings (SSSR count). The van der Waals surface area contributed by atoms with Crippen LogP contribution in [0.15, 0.2) is 12.4 Å². The highest BCUT2D eigenvalue weighted by Gasteiger charge is 2.25. The summed E-state index contributed by atoms with van der Waals surface area (Å²) in [5.74, 6) is -0.0245. The zero-order valence-corrected chi connectivity index (χ0v) is 15.2. The molecule has 2 aromatic heterocycles. The second-order valence-corrected chi connectivity index (χ2v) is 7.54. The summed E-state index contributed by atoms with van der Waals surface area (Å²) < 4.78 is 5.77. The van der Waals surface area contributed by atoms with Crippen molar-refractivity contribution in [1.82, 2.24) is 20.3 Å². The number of hydrogen-bond donors (Lipinski definition) is 1. The Morgan fingerprint density at radius 1 is 1.25 bits per heavy atom. The van der Waals surface area contributed by atoms with Crippen molar-refractivity contribution in [3.63, 3.8) is 0 Å². The molecule has 0 saturated heterocycles. The lowest BCUT2D eigenvalue weighted by Gasteiger charge is -2.28. The molecule has 0 radical (unpaired) electrons. The number of aromatic nitrogens is 3. The van der Waals surface area contributed by atoms with Gasteiger partial charge in [0.15, 0.2) is 0 Å². The van der Waals surface area contributed by atoms with Crippen LogP contribution >= 0.6 is 22.9 Å². The maximum atomic E-state index is 12.3. The summed E-state index contributed by atoms with van der Waals surface area (Å²) in [4.78, 5) is 25.5. The largest absolute Gasteiger partial charge is 0.460 e. The zero-order chi connectivity index (χ0) is 17.1. The number of halogens is 1. The molecule has 1 saturated carbocycles. The van der Waals surface area contributed by atoms with Gasteiger partial charge in [0, 0.05) is 6.04 Å². The first-order valence-electron chi connectivity index (χ1n) is 7.90. The second kappa shape index (κ2) is 7.44. The van der Waals surface area contributed by atoms with Crippen LogP contribution in [0, 0.1) is 13.8 Å². The maximum absolute atomic E-state index is 12.3. The van der Waals surface area contributed by atoms with Gasteiger partial charge in [-0.3, -0.25) is 4.79 Å². The minimum absolute atomic E-state index is 0.0245. The van der Waals surface area contributed by atoms with Crippen LogP contribution in [0.3, 0.4) is 0 Å². The lowest BCUT2D eigenvalue weighted by Crippen LogP contribution is -2.39. The van der Waals surface area contributed by atoms with Gasteiger partial charge in [-0.15, -0.1) is 11.3 Å². The number of carbonyl (C=O) groups is 1. The Morgan fingerprint density at radius 2 is 1.92 bits per heavy atom. The summed E-state index contributed by atoms with van der Waals surface area (Å²) in [6.07, 6.45) is 6.59. The highest BCUT2D eigenvalue weighted by Crippen LogP contribution is 2.24. The third kappa shape index (κ3) is 4.21. The van der Waals surface area contributed by atoms with Crippen LogP contribution in [0.2, 0.25) is 5.02 Å². The van der Waals surface area contributed by atoms with Gasteiger partial charge in [0.1, 0.15) is 11.0 Å². The van der Waals surface area contributed by atoms with Crippen molar-refractivity contribution in [2.45, 2.75) is 51.7 Å². The summed E-state index contributed by atoms with van der Waals surface area (Å²) in [6, 6.07) is 0.521. The Labute approximate surface area is 149 Å². The van der Waals surface area contributed by atoms with Crippen LogP contribution in [-0.2, 0) is 0 Å². The molecule has 24 heavy (non-hydrogen) atoms. The quantitative estimate of drug-likeness (QED) is 0.898. The molecule has 0 spiro atoms. The summed E-state index contributed by atoms with van der Waals surface area (Å²) >= 11 is 7.20. The van der Waals surface area contributed by atoms with Gasteiger partial charge in [0.05, 0.1) is 28.1 Å². The van der Waals surface area contributed by atoms with E-state index in [1.807, 2.05) is 13.8 Å². The van der Waals surface area contributed by atoms with Crippen molar-refractivity contribution < 1.29 is 9.53 Å². The van der Waals surface area contributed by atoms with E-state index in [0.29, 0.717) is 15.9 Å². The number of rotatable bonds is 4. The highest BCUT2D eigenvalue weighted by molar-refractivity contribution is 7.13. The van der Waals surface area contributed by atoms with E-state index in [4.69, 9.17) is 16.3 Å². The van der Waals surface area contributed by atoms with E-state index in [2.05, 4.69) is 20.3 Å². The molecule has 0 unspecified atom stereocenters. The smallest absolute Gasteiger partial charge is 0.316 e. The lowest BCUT2D eigenvalue weighted by molar-refractivity contribution is 0.0888. The zero-order valence-electron chi connectivity index (χ0n) is 13.6. The van der Waals surface area contributed by atoms with Crippen molar-refractivity contribution >= 4 is 28.8 Å². The molecule has 8 heteroatoms. The molecule has 1 fully saturated rings. The fraction of sp³-hybridized carbons (Fsp3) is 0.500. The molecule has 0 aliphatic heterocycles. The Bertz CT molecular complexity index is 711. The first-order chi connectivity index (χ1) is 11.5. The molecule has 0 bridgehead atoms. The van der Waals surface area contributed by atoms with E-state index in [0.717, 1.165) is 36.4 Å². The Balaban J connectivity index is 1.49. The Kier molecular flexibility index (Phi) is 5.30. The van der Waals surface area contributed by atoms with Crippen LogP contribution in [0.4, 0.5) is 0 Å². The minimum atomic E-state index is -0.0245. The van der Waals surface area contributed by atoms with E-state index < -0.39 is 0 Å². The molecular formula is C16H19ClN4O2S. The standard InChI is InChI=1S/C16H19ClN4O2S/c1-9-14(24-10(2)20-9)15(22)21-12-3-5-13(6-4-12)23-16-18-7-11(17)8-19-16/h7-8,12-13H,3-6H2,1-2H3,(H,21,22). The number of carbonyl (C=O) groups excluding carboxylic acids is 1. The number of nitrogens with zero attached hydrogens (tertiary/aromatic N) is 3. The number of ether oxygens (including phenoxy) is 1. The summed E-state index contributed by atoms with van der Waals surface area (Å²) in [5, 5.41) is 4.51. The summed E-state index contributed by atoms with van der Waals surface area (Å²) in [5.41, 5.74) is 0.798. The van der Waals surface area contributed by atoms with E-state index in [1.54, 1.807) is 0 Å². The van der Waals surface area contributed by atoms with E-state index in [-0.39, 0.29) is 18.1 Å². The molecule has 1 aliphatic carbocycles. The molecule has 0 atom stereocenters. The fourth-order valence-corrected chi connectivity index (χ4v) is 3.75. The van der Waals surface area contributed by atoms with Gasteiger partial charge in [-0.05, 0) is 39.5 Å². The fourth-order valence-electron chi connectivity index (χ4n) is 2.83. The van der Waals surface area contributed by atoms with Crippen LogP contribution in [0.5, 0.6) is 6.01 Å². The third-order valence-corrected chi connectivity index (χ3v) is 5.25. The van der Waals surface area contributed by atoms with Gasteiger partial charge in [0.25, 0.3) is 5.91 Å². The van der Waals surface area contributed by atoms with Crippen LogP contribution < -0.4 is 10.1 Å². The Morgan fingerprint density at radius 3 is 2.50 bits per heavy atom. The number of thiazole rings is 1. The van der Waals surface area contributed by atoms with Crippen molar-refractivity contribution in [1.29, 1.82) is 0 Å². The minimum Gasteiger partial charge on any atom is -0.460 e. The normalized spacial score (nSPS) is 20.6. The number of nitrogens with one attached hydrogen (secondary N) is 1. The van der Waals surface area contributed by atoms with Gasteiger partial charge in [-0.1, -0.05) is 11.6 Å². The summed E-state index contributed by atoms with van der Waals surface area (Å²) in [7, 11) is 0. The molecule has 2 aromatic rings. The molecule has 0 aromatic carbocycles. The van der Waals surface area contributed by atoms with Crippen LogP contribution in [0.25, 0.3) is 0 Å². The van der Waals surface area contributed by atoms with Crippen molar-refractivity contribution in [2.75, 3.05) is 0 Å². The van der Waals surface area contributed by atoms with E-state index >= 15 is 0 Å². The second-order valence-electron chi connectivity index (χ2n) is 5.90. The molecule has 1 amide bonds. The van der Waals surface area contributed by atoms with Gasteiger partial charge < -0.3 is 10.1 Å². The lowest BCUT2D eigenvalue weighted by atomic mass is 9.93. The third-order valence-electron chi connectivity index (χ3n) is 3.99. The number of hydrogen-bond acceptors (Lipinski definition) is 6. The first kappa shape index (κ1) is 17.1. The van der Waals surface area contributed by atoms with E-state index in [1.165, 1.54) is 23.7 Å². The van der Waals surface area contributed by atoms with Gasteiger partial charge in [-0.2, -0.15) is 0 Å². The molecular weight excluding hydrogens is 348 g/mol. The predicted molar refractivity (Wildman–Crippen MR) is 92.8 cm³/mol. The molecule has 1 N–H and O–H groups in total. The average Bonchev–Trinajstić information content (AvgIpc) is 2.90. The van der Waals surface area contributed by atoms with Gasteiger partial charge in [-0.25, -0.2) is 15.0 Å². The number of amides is 1. The van der Waals surface area contributed by atoms with Crippen LogP contribution in [0.1, 0.15) is 46.1 Å². The Hall–Kier alpha value is -1.73. The summed E-state index contributed by atoms with van der Waals surface area (Å²) in [6.45, 7) is 3.78. The SMILES string of the molecule is Cc1nc(C)c(C(=O)NC2CCC(Oc3ncc(Cl)cn3)CC2)s1. The molecule has 128 valence electrons. The van der Waals surface area contributed by atoms with E-state index in [9.17, 15) is 4.79 Å². The van der Waals surface area contributed by atoms with Crippen molar-refractivity contribution in [2.24, 2.45) is 0 Å². The van der Waals surface area contributed by atoms with Crippen molar-refractivity contribution in [3.05, 3.63) is 33.0 Å². The topological polar surface area (TPSA) is 77.0 Å². The molecule has 2 heterocycles. The number of aryl methyl sites for hydroxylation is 2. The van der Waals surface area contributed by atoms with Gasteiger partial charge >= 0.3 is 6.01 Å². The molecule has 1 aliphatic rings. The average molecular weight is 367 g/mol. The molecule has 6 nitrogen and oxygen atoms in total. The first-order valence-corrected chi connectivity index (χ1v) is 9.10. The van der Waals surface area contributed by atoms with Crippen LogP contribution in [-0.4, -0.2) is 33.0 Å². The predicted octanol–water partition coefficient (Wildman–Crippen LogP) is 3.32. The van der Waals surface area contributed by atoms with Gasteiger partial charge in [0.2, 0.25) is 0 Å².